The van der Waals surface area contributed by atoms with E-state index in [2.05, 4.69) is 33.0 Å². The SMILES string of the molecule is Cl.NCC1CN(Cc2ccc(Br)s2)CCO1. The van der Waals surface area contributed by atoms with Gasteiger partial charge in [-0.25, -0.2) is 0 Å². The summed E-state index contributed by atoms with van der Waals surface area (Å²) in [7, 11) is 0. The Balaban J connectivity index is 0.00000128. The van der Waals surface area contributed by atoms with E-state index in [0.29, 0.717) is 6.54 Å². The van der Waals surface area contributed by atoms with E-state index in [0.717, 1.165) is 26.2 Å². The van der Waals surface area contributed by atoms with Crippen LogP contribution in [0.5, 0.6) is 0 Å². The molecular weight excluding hydrogens is 312 g/mol. The molecule has 0 bridgehead atoms. The Kier molecular flexibility index (Phi) is 6.25. The van der Waals surface area contributed by atoms with E-state index in [1.807, 2.05) is 0 Å². The lowest BCUT2D eigenvalue weighted by atomic mass is 10.2. The van der Waals surface area contributed by atoms with Crippen LogP contribution < -0.4 is 5.73 Å². The summed E-state index contributed by atoms with van der Waals surface area (Å²) in [5.74, 6) is 0. The third-order valence-corrected chi connectivity index (χ3v) is 4.10. The van der Waals surface area contributed by atoms with Gasteiger partial charge in [0.25, 0.3) is 0 Å². The van der Waals surface area contributed by atoms with Crippen LogP contribution >= 0.6 is 39.7 Å². The number of hydrogen-bond donors (Lipinski definition) is 1. The van der Waals surface area contributed by atoms with Gasteiger partial charge in [0, 0.05) is 31.1 Å². The molecule has 1 atom stereocenters. The number of hydrogen-bond acceptors (Lipinski definition) is 4. The topological polar surface area (TPSA) is 38.5 Å². The Hall–Kier alpha value is 0.350. The Morgan fingerprint density at radius 2 is 2.38 bits per heavy atom. The van der Waals surface area contributed by atoms with Crippen LogP contribution in [0.4, 0.5) is 0 Å². The lowest BCUT2D eigenvalue weighted by Gasteiger charge is -2.31. The first kappa shape index (κ1) is 14.4. The molecule has 1 aromatic heterocycles. The van der Waals surface area contributed by atoms with Crippen LogP contribution in [0.1, 0.15) is 4.88 Å². The highest BCUT2D eigenvalue weighted by Gasteiger charge is 2.19. The molecule has 2 N–H and O–H groups in total. The zero-order chi connectivity index (χ0) is 10.7. The summed E-state index contributed by atoms with van der Waals surface area (Å²) in [6.45, 7) is 4.38. The van der Waals surface area contributed by atoms with Crippen molar-refractivity contribution in [3.63, 3.8) is 0 Å². The molecule has 16 heavy (non-hydrogen) atoms. The highest BCUT2D eigenvalue weighted by molar-refractivity contribution is 9.11. The first-order valence-electron chi connectivity index (χ1n) is 5.06. The molecule has 6 heteroatoms. The maximum Gasteiger partial charge on any atom is 0.0824 e. The first-order valence-corrected chi connectivity index (χ1v) is 6.67. The van der Waals surface area contributed by atoms with Crippen molar-refractivity contribution in [3.05, 3.63) is 20.8 Å². The number of thiophene rings is 1. The summed E-state index contributed by atoms with van der Waals surface area (Å²) in [5, 5.41) is 0. The number of halogens is 2. The van der Waals surface area contributed by atoms with Crippen molar-refractivity contribution in [2.24, 2.45) is 5.73 Å². The Labute approximate surface area is 114 Å². The molecule has 1 aliphatic heterocycles. The Morgan fingerprint density at radius 3 is 3.00 bits per heavy atom. The van der Waals surface area contributed by atoms with Crippen molar-refractivity contribution in [3.8, 4) is 0 Å². The van der Waals surface area contributed by atoms with Gasteiger partial charge in [-0.15, -0.1) is 23.7 Å². The van der Waals surface area contributed by atoms with E-state index in [4.69, 9.17) is 10.5 Å². The highest BCUT2D eigenvalue weighted by atomic mass is 79.9. The van der Waals surface area contributed by atoms with Gasteiger partial charge in [-0.1, -0.05) is 0 Å². The summed E-state index contributed by atoms with van der Waals surface area (Å²) < 4.78 is 6.72. The van der Waals surface area contributed by atoms with E-state index in [1.165, 1.54) is 8.66 Å². The molecule has 0 aromatic carbocycles. The summed E-state index contributed by atoms with van der Waals surface area (Å²) in [4.78, 5) is 3.79. The van der Waals surface area contributed by atoms with Crippen LogP contribution in [0.2, 0.25) is 0 Å². The van der Waals surface area contributed by atoms with Crippen LogP contribution in [0.15, 0.2) is 15.9 Å². The number of rotatable bonds is 3. The molecular formula is C10H16BrClN2OS. The minimum Gasteiger partial charge on any atom is -0.374 e. The molecule has 3 nitrogen and oxygen atoms in total. The van der Waals surface area contributed by atoms with Gasteiger partial charge in [-0.2, -0.15) is 0 Å². The molecule has 1 saturated heterocycles. The van der Waals surface area contributed by atoms with Gasteiger partial charge in [0.05, 0.1) is 16.5 Å². The van der Waals surface area contributed by atoms with Crippen molar-refractivity contribution in [1.82, 2.24) is 4.90 Å². The summed E-state index contributed by atoms with van der Waals surface area (Å²) in [5.41, 5.74) is 5.61. The number of nitrogens with zero attached hydrogens (tertiary/aromatic N) is 1. The lowest BCUT2D eigenvalue weighted by molar-refractivity contribution is -0.0257. The molecule has 2 heterocycles. The maximum atomic E-state index is 5.61. The Bertz CT molecular complexity index is 324. The predicted octanol–water partition coefficient (Wildman–Crippen LogP) is 2.09. The minimum absolute atomic E-state index is 0. The molecule has 2 rings (SSSR count). The third-order valence-electron chi connectivity index (χ3n) is 2.49. The fourth-order valence-electron chi connectivity index (χ4n) is 1.72. The molecule has 92 valence electrons. The lowest BCUT2D eigenvalue weighted by Crippen LogP contribution is -2.44. The molecule has 0 amide bonds. The smallest absolute Gasteiger partial charge is 0.0824 e. The second-order valence-corrected chi connectivity index (χ2v) is 6.22. The second kappa shape index (κ2) is 6.93. The molecule has 1 aromatic rings. The average Bonchev–Trinajstić information content (AvgIpc) is 2.64. The van der Waals surface area contributed by atoms with E-state index < -0.39 is 0 Å². The summed E-state index contributed by atoms with van der Waals surface area (Å²) in [6, 6.07) is 4.27. The minimum atomic E-state index is 0. The van der Waals surface area contributed by atoms with E-state index in [9.17, 15) is 0 Å². The zero-order valence-corrected chi connectivity index (χ0v) is 12.1. The summed E-state index contributed by atoms with van der Waals surface area (Å²) >= 11 is 5.27. The van der Waals surface area contributed by atoms with Gasteiger partial charge in [0.1, 0.15) is 0 Å². The van der Waals surface area contributed by atoms with E-state index in [-0.39, 0.29) is 18.5 Å². The number of nitrogens with two attached hydrogens (primary N) is 1. The van der Waals surface area contributed by atoms with Gasteiger partial charge in [0.2, 0.25) is 0 Å². The van der Waals surface area contributed by atoms with Gasteiger partial charge in [-0.05, 0) is 28.1 Å². The monoisotopic (exact) mass is 326 g/mol. The van der Waals surface area contributed by atoms with Gasteiger partial charge in [-0.3, -0.25) is 4.90 Å². The van der Waals surface area contributed by atoms with Gasteiger partial charge >= 0.3 is 0 Å². The van der Waals surface area contributed by atoms with Gasteiger partial charge in [0.15, 0.2) is 0 Å². The van der Waals surface area contributed by atoms with E-state index in [1.54, 1.807) is 11.3 Å². The molecule has 1 unspecified atom stereocenters. The van der Waals surface area contributed by atoms with Crippen molar-refractivity contribution >= 4 is 39.7 Å². The molecule has 0 spiro atoms. The first-order chi connectivity index (χ1) is 7.28. The zero-order valence-electron chi connectivity index (χ0n) is 8.89. The van der Waals surface area contributed by atoms with Crippen molar-refractivity contribution < 1.29 is 4.74 Å². The van der Waals surface area contributed by atoms with Gasteiger partial charge < -0.3 is 10.5 Å². The second-order valence-electron chi connectivity index (χ2n) is 3.67. The molecule has 0 aliphatic carbocycles. The van der Waals surface area contributed by atoms with E-state index >= 15 is 0 Å². The third kappa shape index (κ3) is 3.98. The largest absolute Gasteiger partial charge is 0.374 e. The maximum absolute atomic E-state index is 5.61. The summed E-state index contributed by atoms with van der Waals surface area (Å²) in [6.07, 6.45) is 0.210. The Morgan fingerprint density at radius 1 is 1.56 bits per heavy atom. The molecule has 0 radical (unpaired) electrons. The quantitative estimate of drug-likeness (QED) is 0.924. The average molecular weight is 328 g/mol. The van der Waals surface area contributed by atoms with Crippen molar-refractivity contribution in [1.29, 1.82) is 0 Å². The molecule has 1 aliphatic rings. The predicted molar refractivity (Wildman–Crippen MR) is 73.3 cm³/mol. The highest BCUT2D eigenvalue weighted by Crippen LogP contribution is 2.23. The molecule has 1 fully saturated rings. The standard InChI is InChI=1S/C10H15BrN2OS.ClH/c11-10-2-1-9(15-10)7-13-3-4-14-8(5-12)6-13;/h1-2,8H,3-7,12H2;1H. The van der Waals surface area contributed by atoms with Crippen LogP contribution in [-0.2, 0) is 11.3 Å². The fraction of sp³-hybridized carbons (Fsp3) is 0.600. The molecule has 0 saturated carbocycles. The fourth-order valence-corrected chi connectivity index (χ4v) is 3.25. The van der Waals surface area contributed by atoms with Crippen LogP contribution in [0.3, 0.4) is 0 Å². The van der Waals surface area contributed by atoms with Crippen LogP contribution in [0.25, 0.3) is 0 Å². The van der Waals surface area contributed by atoms with Crippen LogP contribution in [0, 0.1) is 0 Å². The number of ether oxygens (including phenoxy) is 1. The van der Waals surface area contributed by atoms with Crippen molar-refractivity contribution in [2.75, 3.05) is 26.2 Å². The number of morpholine rings is 1. The van der Waals surface area contributed by atoms with Crippen LogP contribution in [-0.4, -0.2) is 37.2 Å². The normalized spacial score (nSPS) is 21.8. The van der Waals surface area contributed by atoms with Crippen molar-refractivity contribution in [2.45, 2.75) is 12.6 Å².